The standard InChI is InChI=1S/C11H15N5O2/c1-2-3-15-8-12-5-10(15)7-16-6-9(13-14-16)4-11(17)18/h5-6,8H,2-4,7H2,1H3,(H,17,18). The number of carbonyl (C=O) groups is 1. The summed E-state index contributed by atoms with van der Waals surface area (Å²) in [6.45, 7) is 3.56. The number of imidazole rings is 1. The molecule has 0 saturated carbocycles. The smallest absolute Gasteiger partial charge is 0.309 e. The minimum Gasteiger partial charge on any atom is -0.481 e. The van der Waals surface area contributed by atoms with Crippen LogP contribution in [-0.4, -0.2) is 35.6 Å². The molecule has 1 N–H and O–H groups in total. The number of aliphatic carboxylic acids is 1. The molecule has 0 aliphatic heterocycles. The van der Waals surface area contributed by atoms with Crippen molar-refractivity contribution in [3.8, 4) is 0 Å². The predicted octanol–water partition coefficient (Wildman–Crippen LogP) is 0.560. The van der Waals surface area contributed by atoms with Crippen molar-refractivity contribution in [2.24, 2.45) is 0 Å². The first kappa shape index (κ1) is 12.3. The highest BCUT2D eigenvalue weighted by Crippen LogP contribution is 2.04. The van der Waals surface area contributed by atoms with Crippen LogP contribution in [0.15, 0.2) is 18.7 Å². The molecule has 96 valence electrons. The van der Waals surface area contributed by atoms with E-state index in [1.54, 1.807) is 23.4 Å². The van der Waals surface area contributed by atoms with E-state index in [9.17, 15) is 4.79 Å². The Labute approximate surface area is 104 Å². The van der Waals surface area contributed by atoms with E-state index in [1.165, 1.54) is 0 Å². The van der Waals surface area contributed by atoms with E-state index in [0.717, 1.165) is 18.7 Å². The number of aromatic nitrogens is 5. The van der Waals surface area contributed by atoms with E-state index in [-0.39, 0.29) is 6.42 Å². The van der Waals surface area contributed by atoms with Gasteiger partial charge in [-0.1, -0.05) is 12.1 Å². The summed E-state index contributed by atoms with van der Waals surface area (Å²) in [5, 5.41) is 16.4. The number of aryl methyl sites for hydroxylation is 1. The van der Waals surface area contributed by atoms with Gasteiger partial charge in [0.05, 0.1) is 36.9 Å². The SMILES string of the molecule is CCCn1cncc1Cn1cc(CC(=O)O)nn1. The number of rotatable bonds is 6. The number of carboxylic acid groups (broad SMARTS) is 1. The average Bonchev–Trinajstić information content (AvgIpc) is 2.90. The lowest BCUT2D eigenvalue weighted by Gasteiger charge is -2.05. The molecule has 7 nitrogen and oxygen atoms in total. The summed E-state index contributed by atoms with van der Waals surface area (Å²) in [6, 6.07) is 0. The predicted molar refractivity (Wildman–Crippen MR) is 63.0 cm³/mol. The maximum absolute atomic E-state index is 10.5. The molecule has 2 rings (SSSR count). The molecule has 0 aliphatic rings. The van der Waals surface area contributed by atoms with E-state index in [2.05, 4.69) is 26.8 Å². The molecule has 0 spiro atoms. The Morgan fingerprint density at radius 1 is 1.50 bits per heavy atom. The van der Waals surface area contributed by atoms with Crippen LogP contribution in [-0.2, 0) is 24.3 Å². The number of nitrogens with zero attached hydrogens (tertiary/aromatic N) is 5. The normalized spacial score (nSPS) is 10.7. The lowest BCUT2D eigenvalue weighted by molar-refractivity contribution is -0.136. The lowest BCUT2D eigenvalue weighted by Crippen LogP contribution is -2.07. The molecule has 2 aromatic heterocycles. The van der Waals surface area contributed by atoms with Crippen molar-refractivity contribution < 1.29 is 9.90 Å². The largest absolute Gasteiger partial charge is 0.481 e. The van der Waals surface area contributed by atoms with Gasteiger partial charge in [0.15, 0.2) is 0 Å². The van der Waals surface area contributed by atoms with E-state index in [1.807, 2.05) is 0 Å². The Morgan fingerprint density at radius 3 is 3.06 bits per heavy atom. The topological polar surface area (TPSA) is 85.8 Å². The van der Waals surface area contributed by atoms with Gasteiger partial charge in [0.25, 0.3) is 0 Å². The molecule has 0 bridgehead atoms. The van der Waals surface area contributed by atoms with Crippen LogP contribution in [0.2, 0.25) is 0 Å². The number of hydrogen-bond donors (Lipinski definition) is 1. The number of carboxylic acids is 1. The Balaban J connectivity index is 2.06. The fourth-order valence-corrected chi connectivity index (χ4v) is 1.74. The molecule has 2 heterocycles. The van der Waals surface area contributed by atoms with E-state index in [0.29, 0.717) is 12.2 Å². The maximum Gasteiger partial charge on any atom is 0.309 e. The second kappa shape index (κ2) is 5.44. The van der Waals surface area contributed by atoms with Gasteiger partial charge in [-0.3, -0.25) is 4.79 Å². The second-order valence-corrected chi connectivity index (χ2v) is 4.06. The molecule has 2 aromatic rings. The van der Waals surface area contributed by atoms with Crippen molar-refractivity contribution in [2.75, 3.05) is 0 Å². The van der Waals surface area contributed by atoms with E-state index >= 15 is 0 Å². The quantitative estimate of drug-likeness (QED) is 0.808. The van der Waals surface area contributed by atoms with Gasteiger partial charge in [-0.05, 0) is 6.42 Å². The number of hydrogen-bond acceptors (Lipinski definition) is 4. The maximum atomic E-state index is 10.5. The van der Waals surface area contributed by atoms with Gasteiger partial charge in [-0.15, -0.1) is 5.10 Å². The Hall–Kier alpha value is -2.18. The van der Waals surface area contributed by atoms with Crippen molar-refractivity contribution in [1.82, 2.24) is 24.5 Å². The first-order valence-corrected chi connectivity index (χ1v) is 5.79. The zero-order valence-corrected chi connectivity index (χ0v) is 10.2. The molecule has 0 atom stereocenters. The minimum absolute atomic E-state index is 0.103. The van der Waals surface area contributed by atoms with Gasteiger partial charge in [0.1, 0.15) is 0 Å². The monoisotopic (exact) mass is 249 g/mol. The molecule has 0 aromatic carbocycles. The van der Waals surface area contributed by atoms with Gasteiger partial charge in [0, 0.05) is 12.7 Å². The van der Waals surface area contributed by atoms with Crippen molar-refractivity contribution in [3.63, 3.8) is 0 Å². The molecule has 0 radical (unpaired) electrons. The highest BCUT2D eigenvalue weighted by molar-refractivity contribution is 5.69. The van der Waals surface area contributed by atoms with Crippen molar-refractivity contribution in [2.45, 2.75) is 32.9 Å². The Bertz CT molecular complexity index is 531. The summed E-state index contributed by atoms with van der Waals surface area (Å²) in [7, 11) is 0. The summed E-state index contributed by atoms with van der Waals surface area (Å²) in [5.74, 6) is -0.905. The second-order valence-electron chi connectivity index (χ2n) is 4.06. The summed E-state index contributed by atoms with van der Waals surface area (Å²) >= 11 is 0. The fourth-order valence-electron chi connectivity index (χ4n) is 1.74. The summed E-state index contributed by atoms with van der Waals surface area (Å²) in [5.41, 5.74) is 1.49. The minimum atomic E-state index is -0.905. The molecule has 0 saturated heterocycles. The highest BCUT2D eigenvalue weighted by atomic mass is 16.4. The average molecular weight is 249 g/mol. The molecular weight excluding hydrogens is 234 g/mol. The van der Waals surface area contributed by atoms with Gasteiger partial charge in [0.2, 0.25) is 0 Å². The molecule has 18 heavy (non-hydrogen) atoms. The first-order chi connectivity index (χ1) is 8.69. The van der Waals surface area contributed by atoms with Crippen LogP contribution in [0.3, 0.4) is 0 Å². The zero-order chi connectivity index (χ0) is 13.0. The van der Waals surface area contributed by atoms with Crippen LogP contribution in [0, 0.1) is 0 Å². The van der Waals surface area contributed by atoms with Gasteiger partial charge in [-0.25, -0.2) is 9.67 Å². The van der Waals surface area contributed by atoms with Gasteiger partial charge in [-0.2, -0.15) is 0 Å². The van der Waals surface area contributed by atoms with Crippen LogP contribution in [0.5, 0.6) is 0 Å². The van der Waals surface area contributed by atoms with E-state index < -0.39 is 5.97 Å². The molecule has 0 fully saturated rings. The van der Waals surface area contributed by atoms with Crippen molar-refractivity contribution in [3.05, 3.63) is 30.1 Å². The Morgan fingerprint density at radius 2 is 2.33 bits per heavy atom. The summed E-state index contributed by atoms with van der Waals surface area (Å²) in [6.07, 6.45) is 6.15. The molecule has 0 aliphatic carbocycles. The third kappa shape index (κ3) is 2.93. The van der Waals surface area contributed by atoms with Crippen LogP contribution >= 0.6 is 0 Å². The molecule has 0 amide bonds. The van der Waals surface area contributed by atoms with Gasteiger partial charge >= 0.3 is 5.97 Å². The Kier molecular flexibility index (Phi) is 3.71. The van der Waals surface area contributed by atoms with Crippen LogP contribution < -0.4 is 0 Å². The van der Waals surface area contributed by atoms with Gasteiger partial charge < -0.3 is 9.67 Å². The summed E-state index contributed by atoms with van der Waals surface area (Å²) in [4.78, 5) is 14.6. The van der Waals surface area contributed by atoms with E-state index in [4.69, 9.17) is 5.11 Å². The third-order valence-electron chi connectivity index (χ3n) is 2.51. The first-order valence-electron chi connectivity index (χ1n) is 5.79. The lowest BCUT2D eigenvalue weighted by atomic mass is 10.3. The summed E-state index contributed by atoms with van der Waals surface area (Å²) < 4.78 is 3.68. The molecular formula is C11H15N5O2. The highest BCUT2D eigenvalue weighted by Gasteiger charge is 2.07. The van der Waals surface area contributed by atoms with Crippen molar-refractivity contribution >= 4 is 5.97 Å². The van der Waals surface area contributed by atoms with Crippen LogP contribution in [0.25, 0.3) is 0 Å². The van der Waals surface area contributed by atoms with Crippen LogP contribution in [0.1, 0.15) is 24.7 Å². The van der Waals surface area contributed by atoms with Crippen molar-refractivity contribution in [1.29, 1.82) is 0 Å². The fraction of sp³-hybridized carbons (Fsp3) is 0.455. The molecule has 7 heteroatoms. The molecule has 0 unspecified atom stereocenters. The third-order valence-corrected chi connectivity index (χ3v) is 2.51. The zero-order valence-electron chi connectivity index (χ0n) is 10.2. The van der Waals surface area contributed by atoms with Crippen LogP contribution in [0.4, 0.5) is 0 Å².